The minimum absolute atomic E-state index is 0.0436. The Labute approximate surface area is 123 Å². The lowest BCUT2D eigenvalue weighted by atomic mass is 10.1. The first-order valence-electron chi connectivity index (χ1n) is 6.89. The molecule has 0 atom stereocenters. The van der Waals surface area contributed by atoms with Gasteiger partial charge >= 0.3 is 0 Å². The number of carbonyl (C=O) groups is 1. The van der Waals surface area contributed by atoms with Crippen LogP contribution in [0, 0.1) is 6.92 Å². The summed E-state index contributed by atoms with van der Waals surface area (Å²) in [6, 6.07) is 8.79. The molecule has 0 radical (unpaired) electrons. The van der Waals surface area contributed by atoms with Gasteiger partial charge in [-0.05, 0) is 13.8 Å². The number of aromatic nitrogens is 2. The van der Waals surface area contributed by atoms with Crippen LogP contribution in [0.25, 0.3) is 0 Å². The average molecular weight is 285 g/mol. The quantitative estimate of drug-likeness (QED) is 0.787. The third-order valence-corrected chi connectivity index (χ3v) is 3.44. The fourth-order valence-corrected chi connectivity index (χ4v) is 1.90. The van der Waals surface area contributed by atoms with E-state index in [-0.39, 0.29) is 17.9 Å². The topological polar surface area (TPSA) is 55.2 Å². The maximum absolute atomic E-state index is 12.1. The Morgan fingerprint density at radius 3 is 2.52 bits per heavy atom. The number of ketones is 1. The number of anilines is 1. The highest BCUT2D eigenvalue weighted by Gasteiger charge is 2.09. The van der Waals surface area contributed by atoms with Gasteiger partial charge in [0.15, 0.2) is 5.78 Å². The molecule has 0 fully saturated rings. The van der Waals surface area contributed by atoms with E-state index in [1.165, 1.54) is 10.7 Å². The zero-order valence-electron chi connectivity index (χ0n) is 12.5. The molecule has 1 heterocycles. The fourth-order valence-electron chi connectivity index (χ4n) is 1.90. The van der Waals surface area contributed by atoms with Gasteiger partial charge in [-0.15, -0.1) is 0 Å². The van der Waals surface area contributed by atoms with Crippen LogP contribution in [0.1, 0.15) is 22.8 Å². The number of rotatable bonds is 5. The zero-order chi connectivity index (χ0) is 15.4. The van der Waals surface area contributed by atoms with E-state index in [1.807, 2.05) is 37.9 Å². The summed E-state index contributed by atoms with van der Waals surface area (Å²) in [5.74, 6) is -0.124. The van der Waals surface area contributed by atoms with Crippen LogP contribution in [-0.4, -0.2) is 29.2 Å². The Kier molecular flexibility index (Phi) is 4.52. The van der Waals surface area contributed by atoms with E-state index in [9.17, 15) is 9.59 Å². The first-order chi connectivity index (χ1) is 10.0. The predicted octanol–water partition coefficient (Wildman–Crippen LogP) is 1.89. The second-order valence-corrected chi connectivity index (χ2v) is 5.01. The number of aryl methyl sites for hydroxylation is 1. The van der Waals surface area contributed by atoms with Crippen molar-refractivity contribution in [3.05, 3.63) is 58.0 Å². The zero-order valence-corrected chi connectivity index (χ0v) is 12.5. The van der Waals surface area contributed by atoms with Gasteiger partial charge in [-0.1, -0.05) is 29.8 Å². The number of hydrogen-bond donors (Lipinski definition) is 0. The number of hydrogen-bond acceptors (Lipinski definition) is 4. The maximum Gasteiger partial charge on any atom is 0.269 e. The number of carbonyl (C=O) groups excluding carboxylic acids is 1. The average Bonchev–Trinajstić information content (AvgIpc) is 2.49. The van der Waals surface area contributed by atoms with E-state index in [1.54, 1.807) is 18.3 Å². The smallest absolute Gasteiger partial charge is 0.269 e. The molecular weight excluding hydrogens is 266 g/mol. The summed E-state index contributed by atoms with van der Waals surface area (Å²) >= 11 is 0. The summed E-state index contributed by atoms with van der Waals surface area (Å²) in [4.78, 5) is 26.1. The molecule has 0 N–H and O–H groups in total. The highest BCUT2D eigenvalue weighted by molar-refractivity contribution is 5.95. The normalized spacial score (nSPS) is 10.4. The van der Waals surface area contributed by atoms with Crippen molar-refractivity contribution >= 4 is 11.5 Å². The molecule has 21 heavy (non-hydrogen) atoms. The molecule has 0 amide bonds. The first kappa shape index (κ1) is 15.0. The van der Waals surface area contributed by atoms with Gasteiger partial charge in [0.2, 0.25) is 0 Å². The Morgan fingerprint density at radius 2 is 1.95 bits per heavy atom. The molecule has 0 aliphatic carbocycles. The molecule has 110 valence electrons. The van der Waals surface area contributed by atoms with Crippen LogP contribution in [-0.2, 0) is 6.54 Å². The Hall–Kier alpha value is -2.43. The van der Waals surface area contributed by atoms with Crippen LogP contribution in [0.15, 0.2) is 41.3 Å². The number of nitrogens with zero attached hydrogens (tertiary/aromatic N) is 3. The largest absolute Gasteiger partial charge is 0.373 e. The van der Waals surface area contributed by atoms with E-state index in [0.717, 1.165) is 17.8 Å². The molecule has 2 aromatic rings. The standard InChI is InChI=1S/C16H19N3O2/c1-4-18(3)14-9-16(21)19(17-10-14)11-15(20)13-7-5-12(2)6-8-13/h5-10H,4,11H2,1-3H3. The van der Waals surface area contributed by atoms with E-state index in [2.05, 4.69) is 5.10 Å². The molecule has 1 aromatic carbocycles. The molecule has 0 bridgehead atoms. The van der Waals surface area contributed by atoms with Gasteiger partial charge in [0.1, 0.15) is 6.54 Å². The molecule has 5 nitrogen and oxygen atoms in total. The second kappa shape index (κ2) is 6.35. The van der Waals surface area contributed by atoms with Crippen LogP contribution >= 0.6 is 0 Å². The lowest BCUT2D eigenvalue weighted by Gasteiger charge is -2.16. The van der Waals surface area contributed by atoms with Gasteiger partial charge in [-0.2, -0.15) is 5.10 Å². The summed E-state index contributed by atoms with van der Waals surface area (Å²) < 4.78 is 1.19. The van der Waals surface area contributed by atoms with Crippen molar-refractivity contribution in [1.82, 2.24) is 9.78 Å². The van der Waals surface area contributed by atoms with Gasteiger partial charge in [0, 0.05) is 25.2 Å². The summed E-state index contributed by atoms with van der Waals surface area (Å²) in [6.45, 7) is 4.70. The SMILES string of the molecule is CCN(C)c1cnn(CC(=O)c2ccc(C)cc2)c(=O)c1. The summed E-state index contributed by atoms with van der Waals surface area (Å²) in [5.41, 5.74) is 2.16. The number of Topliss-reactive ketones (excluding diaryl/α,β-unsaturated/α-hetero) is 1. The van der Waals surface area contributed by atoms with Gasteiger partial charge in [-0.3, -0.25) is 9.59 Å². The minimum atomic E-state index is -0.270. The van der Waals surface area contributed by atoms with E-state index >= 15 is 0 Å². The fraction of sp³-hybridized carbons (Fsp3) is 0.312. The van der Waals surface area contributed by atoms with Gasteiger partial charge in [0.25, 0.3) is 5.56 Å². The van der Waals surface area contributed by atoms with Gasteiger partial charge < -0.3 is 4.90 Å². The van der Waals surface area contributed by atoms with Crippen LogP contribution in [0.4, 0.5) is 5.69 Å². The molecule has 0 aliphatic heterocycles. The van der Waals surface area contributed by atoms with Gasteiger partial charge in [-0.25, -0.2) is 4.68 Å². The van der Waals surface area contributed by atoms with Crippen molar-refractivity contribution < 1.29 is 4.79 Å². The van der Waals surface area contributed by atoms with Crippen LogP contribution in [0.2, 0.25) is 0 Å². The summed E-state index contributed by atoms with van der Waals surface area (Å²) in [6.07, 6.45) is 1.60. The summed E-state index contributed by atoms with van der Waals surface area (Å²) in [7, 11) is 1.89. The molecule has 0 spiro atoms. The van der Waals surface area contributed by atoms with Crippen molar-refractivity contribution in [1.29, 1.82) is 0 Å². The lowest BCUT2D eigenvalue weighted by molar-refractivity contribution is 0.0965. The van der Waals surface area contributed by atoms with Crippen molar-refractivity contribution in [2.45, 2.75) is 20.4 Å². The van der Waals surface area contributed by atoms with Crippen molar-refractivity contribution in [2.75, 3.05) is 18.5 Å². The Balaban J connectivity index is 2.18. The molecule has 0 unspecified atom stereocenters. The Morgan fingerprint density at radius 1 is 1.29 bits per heavy atom. The summed E-state index contributed by atoms with van der Waals surface area (Å²) in [5, 5.41) is 4.07. The maximum atomic E-state index is 12.1. The Bertz CT molecular complexity index is 689. The van der Waals surface area contributed by atoms with Crippen LogP contribution in [0.3, 0.4) is 0 Å². The monoisotopic (exact) mass is 285 g/mol. The number of benzene rings is 1. The first-order valence-corrected chi connectivity index (χ1v) is 6.89. The van der Waals surface area contributed by atoms with Crippen molar-refractivity contribution in [3.63, 3.8) is 0 Å². The third-order valence-electron chi connectivity index (χ3n) is 3.44. The molecule has 2 rings (SSSR count). The molecular formula is C16H19N3O2. The molecule has 0 saturated carbocycles. The van der Waals surface area contributed by atoms with E-state index in [0.29, 0.717) is 5.56 Å². The molecule has 0 saturated heterocycles. The highest BCUT2D eigenvalue weighted by Crippen LogP contribution is 2.07. The molecule has 0 aliphatic rings. The lowest BCUT2D eigenvalue weighted by Crippen LogP contribution is -2.28. The van der Waals surface area contributed by atoms with E-state index in [4.69, 9.17) is 0 Å². The van der Waals surface area contributed by atoms with Crippen molar-refractivity contribution in [2.24, 2.45) is 0 Å². The second-order valence-electron chi connectivity index (χ2n) is 5.01. The minimum Gasteiger partial charge on any atom is -0.373 e. The van der Waals surface area contributed by atoms with E-state index < -0.39 is 0 Å². The van der Waals surface area contributed by atoms with Crippen LogP contribution < -0.4 is 10.5 Å². The van der Waals surface area contributed by atoms with Gasteiger partial charge in [0.05, 0.1) is 11.9 Å². The highest BCUT2D eigenvalue weighted by atomic mass is 16.1. The predicted molar refractivity (Wildman–Crippen MR) is 83.0 cm³/mol. The third kappa shape index (κ3) is 3.56. The van der Waals surface area contributed by atoms with Crippen LogP contribution in [0.5, 0.6) is 0 Å². The van der Waals surface area contributed by atoms with Crippen molar-refractivity contribution in [3.8, 4) is 0 Å². The molecule has 5 heteroatoms. The molecule has 1 aromatic heterocycles.